The summed E-state index contributed by atoms with van der Waals surface area (Å²) in [6.45, 7) is 7.63. The van der Waals surface area contributed by atoms with E-state index in [1.807, 2.05) is 6.07 Å². The number of nitrogens with zero attached hydrogens (tertiary/aromatic N) is 1. The van der Waals surface area contributed by atoms with Gasteiger partial charge in [-0.2, -0.15) is 5.26 Å². The van der Waals surface area contributed by atoms with Gasteiger partial charge in [-0.3, -0.25) is 4.79 Å². The average Bonchev–Trinajstić information content (AvgIpc) is 3.08. The molecule has 4 fully saturated rings. The topological polar surface area (TPSA) is 73.1 Å². The molecule has 0 saturated heterocycles. The van der Waals surface area contributed by atoms with Crippen LogP contribution >= 0.6 is 0 Å². The van der Waals surface area contributed by atoms with Gasteiger partial charge in [-0.25, -0.2) is 0 Å². The van der Waals surface area contributed by atoms with Crippen molar-refractivity contribution in [2.45, 2.75) is 97.5 Å². The van der Waals surface area contributed by atoms with Crippen LogP contribution in [0.3, 0.4) is 0 Å². The number of aliphatic hydroxyl groups is 1. The summed E-state index contributed by atoms with van der Waals surface area (Å²) in [5, 5.41) is 21.6. The standard InChI is InChI=1S/C26H42N2O2/c1-17(4-9-24(30)28-15-14-27)21-7-8-22-20-6-5-18-16-19(29)10-12-25(18,2)23(20)11-13-26(21,22)3/h17-23,29H,4-13,15-16H2,1-3H3,(H,28,30)/t17-,18-,19-,20+,21-,22+,23+,25+,26-/m1/s1. The summed E-state index contributed by atoms with van der Waals surface area (Å²) in [7, 11) is 0. The van der Waals surface area contributed by atoms with Crippen LogP contribution in [-0.2, 0) is 4.79 Å². The van der Waals surface area contributed by atoms with Gasteiger partial charge in [-0.15, -0.1) is 0 Å². The molecule has 4 aliphatic carbocycles. The largest absolute Gasteiger partial charge is 0.393 e. The molecule has 168 valence electrons. The van der Waals surface area contributed by atoms with Crippen LogP contribution in [0.1, 0.15) is 91.4 Å². The van der Waals surface area contributed by atoms with Crippen molar-refractivity contribution in [2.24, 2.45) is 46.3 Å². The van der Waals surface area contributed by atoms with Gasteiger partial charge in [-0.05, 0) is 111 Å². The van der Waals surface area contributed by atoms with Crippen LogP contribution in [0.2, 0.25) is 0 Å². The summed E-state index contributed by atoms with van der Waals surface area (Å²) in [6.07, 6.45) is 12.8. The number of aliphatic hydroxyl groups excluding tert-OH is 1. The molecule has 0 aromatic carbocycles. The highest BCUT2D eigenvalue weighted by Crippen LogP contribution is 2.68. The number of carbonyl (C=O) groups excluding carboxylic acids is 1. The van der Waals surface area contributed by atoms with Crippen LogP contribution in [0.15, 0.2) is 0 Å². The van der Waals surface area contributed by atoms with Crippen molar-refractivity contribution in [3.05, 3.63) is 0 Å². The Kier molecular flexibility index (Phi) is 6.24. The molecule has 0 spiro atoms. The Morgan fingerprint density at radius 3 is 2.60 bits per heavy atom. The maximum atomic E-state index is 12.0. The van der Waals surface area contributed by atoms with Gasteiger partial charge < -0.3 is 10.4 Å². The van der Waals surface area contributed by atoms with Crippen LogP contribution in [-0.4, -0.2) is 23.7 Å². The lowest BCUT2D eigenvalue weighted by atomic mass is 9.44. The van der Waals surface area contributed by atoms with Crippen molar-refractivity contribution in [3.63, 3.8) is 0 Å². The normalized spacial score (nSPS) is 46.1. The molecule has 2 N–H and O–H groups in total. The lowest BCUT2D eigenvalue weighted by molar-refractivity contribution is -0.129. The van der Waals surface area contributed by atoms with Crippen LogP contribution in [0.5, 0.6) is 0 Å². The number of rotatable bonds is 5. The summed E-state index contributed by atoms with van der Waals surface area (Å²) in [4.78, 5) is 12.0. The van der Waals surface area contributed by atoms with E-state index in [9.17, 15) is 9.90 Å². The molecule has 30 heavy (non-hydrogen) atoms. The molecule has 0 unspecified atom stereocenters. The zero-order chi connectivity index (χ0) is 21.5. The second kappa shape index (κ2) is 8.45. The zero-order valence-corrected chi connectivity index (χ0v) is 19.3. The van der Waals surface area contributed by atoms with Crippen molar-refractivity contribution < 1.29 is 9.90 Å². The molecule has 4 rings (SSSR count). The maximum absolute atomic E-state index is 12.0. The molecule has 1 amide bonds. The number of nitrogens with one attached hydrogen (secondary N) is 1. The van der Waals surface area contributed by atoms with Crippen LogP contribution in [0.25, 0.3) is 0 Å². The van der Waals surface area contributed by atoms with Crippen molar-refractivity contribution in [1.82, 2.24) is 5.32 Å². The summed E-state index contributed by atoms with van der Waals surface area (Å²) < 4.78 is 0. The number of amides is 1. The zero-order valence-electron chi connectivity index (χ0n) is 19.3. The molecule has 0 heterocycles. The maximum Gasteiger partial charge on any atom is 0.220 e. The Bertz CT molecular complexity index is 687. The molecule has 4 aliphatic rings. The summed E-state index contributed by atoms with van der Waals surface area (Å²) in [5.74, 6) is 4.63. The van der Waals surface area contributed by atoms with Crippen molar-refractivity contribution in [2.75, 3.05) is 6.54 Å². The Morgan fingerprint density at radius 2 is 1.83 bits per heavy atom. The van der Waals surface area contributed by atoms with Gasteiger partial charge in [-0.1, -0.05) is 20.8 Å². The van der Waals surface area contributed by atoms with E-state index in [1.165, 1.54) is 44.9 Å². The fourth-order valence-corrected chi connectivity index (χ4v) is 9.00. The Balaban J connectivity index is 1.42. The number of fused-ring (bicyclic) bond motifs is 5. The van der Waals surface area contributed by atoms with Gasteiger partial charge >= 0.3 is 0 Å². The summed E-state index contributed by atoms with van der Waals surface area (Å²) in [5.41, 5.74) is 0.882. The highest BCUT2D eigenvalue weighted by atomic mass is 16.3. The second-order valence-electron chi connectivity index (χ2n) is 11.8. The van der Waals surface area contributed by atoms with Crippen LogP contribution in [0, 0.1) is 57.7 Å². The van der Waals surface area contributed by atoms with Crippen molar-refractivity contribution in [3.8, 4) is 6.07 Å². The Hall–Kier alpha value is -1.08. The molecule has 4 nitrogen and oxygen atoms in total. The van der Waals surface area contributed by atoms with E-state index in [-0.39, 0.29) is 18.6 Å². The number of hydrogen-bond donors (Lipinski definition) is 2. The van der Waals surface area contributed by atoms with Gasteiger partial charge in [0.1, 0.15) is 6.54 Å². The van der Waals surface area contributed by atoms with E-state index < -0.39 is 0 Å². The number of nitriles is 1. The van der Waals surface area contributed by atoms with E-state index in [2.05, 4.69) is 26.1 Å². The molecular formula is C26H42N2O2. The smallest absolute Gasteiger partial charge is 0.220 e. The van der Waals surface area contributed by atoms with E-state index in [1.54, 1.807) is 0 Å². The van der Waals surface area contributed by atoms with Crippen LogP contribution < -0.4 is 5.32 Å². The number of carbonyl (C=O) groups is 1. The highest BCUT2D eigenvalue weighted by Gasteiger charge is 2.60. The third kappa shape index (κ3) is 3.70. The minimum atomic E-state index is -0.0597. The van der Waals surface area contributed by atoms with Crippen LogP contribution in [0.4, 0.5) is 0 Å². The average molecular weight is 415 g/mol. The first-order valence-corrected chi connectivity index (χ1v) is 12.6. The predicted molar refractivity (Wildman–Crippen MR) is 118 cm³/mol. The minimum absolute atomic E-state index is 0.0255. The van der Waals surface area contributed by atoms with Gasteiger partial charge in [0.2, 0.25) is 5.91 Å². The van der Waals surface area contributed by atoms with E-state index in [0.29, 0.717) is 23.2 Å². The van der Waals surface area contributed by atoms with E-state index in [4.69, 9.17) is 5.26 Å². The van der Waals surface area contributed by atoms with Gasteiger partial charge in [0.05, 0.1) is 12.2 Å². The third-order valence-electron chi connectivity index (χ3n) is 10.6. The lowest BCUT2D eigenvalue weighted by Gasteiger charge is -2.61. The molecule has 0 bridgehead atoms. The van der Waals surface area contributed by atoms with Gasteiger partial charge in [0.15, 0.2) is 0 Å². The Morgan fingerprint density at radius 1 is 1.10 bits per heavy atom. The first-order valence-electron chi connectivity index (χ1n) is 12.6. The predicted octanol–water partition coefficient (Wildman–Crippen LogP) is 5.06. The van der Waals surface area contributed by atoms with E-state index in [0.717, 1.165) is 48.9 Å². The van der Waals surface area contributed by atoms with E-state index >= 15 is 0 Å². The molecule has 0 radical (unpaired) electrons. The minimum Gasteiger partial charge on any atom is -0.393 e. The molecule has 9 atom stereocenters. The molecule has 0 aromatic heterocycles. The molecular weight excluding hydrogens is 372 g/mol. The van der Waals surface area contributed by atoms with Gasteiger partial charge in [0, 0.05) is 6.42 Å². The molecule has 4 heteroatoms. The summed E-state index contributed by atoms with van der Waals surface area (Å²) in [6, 6.07) is 1.99. The molecule has 4 saturated carbocycles. The first kappa shape index (κ1) is 22.1. The monoisotopic (exact) mass is 414 g/mol. The fraction of sp³-hybridized carbons (Fsp3) is 0.923. The lowest BCUT2D eigenvalue weighted by Crippen LogP contribution is -2.54. The van der Waals surface area contributed by atoms with Gasteiger partial charge in [0.25, 0.3) is 0 Å². The molecule has 0 aromatic rings. The quantitative estimate of drug-likeness (QED) is 0.617. The Labute approximate surface area is 183 Å². The highest BCUT2D eigenvalue weighted by molar-refractivity contribution is 5.76. The molecule has 0 aliphatic heterocycles. The van der Waals surface area contributed by atoms with Crippen molar-refractivity contribution >= 4 is 5.91 Å². The third-order valence-corrected chi connectivity index (χ3v) is 10.6. The first-order chi connectivity index (χ1) is 14.3. The number of hydrogen-bond acceptors (Lipinski definition) is 3. The SMILES string of the molecule is C[C@H](CCC(=O)NCC#N)[C@H]1CC[C@H]2[C@@H]3CC[C@@H]4C[C@H](O)CC[C@]4(C)[C@H]3CC[C@]12C. The fourth-order valence-electron chi connectivity index (χ4n) is 9.00. The second-order valence-corrected chi connectivity index (χ2v) is 11.8. The summed E-state index contributed by atoms with van der Waals surface area (Å²) >= 11 is 0. The van der Waals surface area contributed by atoms with Crippen molar-refractivity contribution in [1.29, 1.82) is 5.26 Å².